The second-order valence-corrected chi connectivity index (χ2v) is 23.6. The Morgan fingerprint density at radius 3 is 1.26 bits per heavy atom. The predicted octanol–water partition coefficient (Wildman–Crippen LogP) is 11.8. The second kappa shape index (κ2) is 13.5. The van der Waals surface area contributed by atoms with Crippen molar-refractivity contribution in [2.45, 2.75) is 60.7 Å². The Morgan fingerprint density at radius 2 is 0.929 bits per heavy atom. The van der Waals surface area contributed by atoms with E-state index in [4.69, 9.17) is 0 Å². The molecule has 0 fully saturated rings. The molecule has 2 aliphatic rings. The third-order valence-corrected chi connectivity index (χ3v) is 21.5. The summed E-state index contributed by atoms with van der Waals surface area (Å²) >= 11 is -2.39. The average Bonchev–Trinajstić information content (AvgIpc) is 3.58. The number of allylic oxidation sites excluding steroid dienone is 2. The van der Waals surface area contributed by atoms with Gasteiger partial charge in [0.25, 0.3) is 0 Å². The predicted molar refractivity (Wildman–Crippen MR) is 186 cm³/mol. The number of halogens is 2. The van der Waals surface area contributed by atoms with Gasteiger partial charge in [-0.2, -0.15) is 0 Å². The number of rotatable bonds is 6. The smallest absolute Gasteiger partial charge is 0.147 e. The molecule has 4 aromatic rings. The van der Waals surface area contributed by atoms with Crippen molar-refractivity contribution in [3.8, 4) is 22.3 Å². The number of hydrogen-bond acceptors (Lipinski definition) is 0. The summed E-state index contributed by atoms with van der Waals surface area (Å²) in [5.41, 5.74) is 14.2. The zero-order valence-corrected chi connectivity index (χ0v) is 30.7. The summed E-state index contributed by atoms with van der Waals surface area (Å²) in [5, 5.41) is 0. The monoisotopic (exact) mass is 760 g/mol. The molecule has 6 rings (SSSR count). The van der Waals surface area contributed by atoms with Crippen LogP contribution in [0.2, 0.25) is 0 Å². The SMILES string of the molecule is C[C](C)=[Hf]([CH]1C=Cc2c(-c3ccc(C(C)C)cc3)cccc21)[CH]1C=Cc2c(-c3ccc(C(C)C)cc3)cccc21.Cl.Cl. The van der Waals surface area contributed by atoms with E-state index in [9.17, 15) is 0 Å². The molecule has 0 spiro atoms. The zero-order valence-electron chi connectivity index (χ0n) is 25.5. The first-order chi connectivity index (χ1) is 19.3. The van der Waals surface area contributed by atoms with Crippen molar-refractivity contribution in [1.29, 1.82) is 0 Å². The molecule has 0 radical (unpaired) electrons. The van der Waals surface area contributed by atoms with Gasteiger partial charge in [0, 0.05) is 0 Å². The van der Waals surface area contributed by atoms with Gasteiger partial charge < -0.3 is 0 Å². The first kappa shape index (κ1) is 32.6. The Balaban J connectivity index is 0.00000202. The van der Waals surface area contributed by atoms with Crippen LogP contribution >= 0.6 is 24.8 Å². The third-order valence-electron chi connectivity index (χ3n) is 8.88. The Kier molecular flexibility index (Phi) is 10.5. The van der Waals surface area contributed by atoms with E-state index in [1.54, 1.807) is 14.4 Å². The Labute approximate surface area is 272 Å². The van der Waals surface area contributed by atoms with Crippen LogP contribution < -0.4 is 0 Å². The van der Waals surface area contributed by atoms with Crippen molar-refractivity contribution in [1.82, 2.24) is 0 Å². The van der Waals surface area contributed by atoms with E-state index >= 15 is 0 Å². The van der Waals surface area contributed by atoms with Crippen LogP contribution in [0.1, 0.15) is 94.1 Å². The van der Waals surface area contributed by atoms with Crippen molar-refractivity contribution >= 4 is 40.2 Å². The molecule has 2 aliphatic carbocycles. The van der Waals surface area contributed by atoms with Crippen LogP contribution in [-0.4, -0.2) is 3.26 Å². The van der Waals surface area contributed by atoms with E-state index in [1.165, 1.54) is 44.5 Å². The Morgan fingerprint density at radius 1 is 0.548 bits per heavy atom. The summed E-state index contributed by atoms with van der Waals surface area (Å²) in [7, 11) is 0. The van der Waals surface area contributed by atoms with Gasteiger partial charge >= 0.3 is 250 Å². The molecule has 0 aromatic heterocycles. The van der Waals surface area contributed by atoms with Crippen LogP contribution in [0.25, 0.3) is 34.4 Å². The molecule has 2 atom stereocenters. The zero-order chi connectivity index (χ0) is 28.0. The topological polar surface area (TPSA) is 0 Å². The summed E-state index contributed by atoms with van der Waals surface area (Å²) in [6, 6.07) is 32.5. The van der Waals surface area contributed by atoms with Gasteiger partial charge in [-0.3, -0.25) is 0 Å². The van der Waals surface area contributed by atoms with Crippen molar-refractivity contribution in [2.75, 3.05) is 0 Å². The van der Waals surface area contributed by atoms with E-state index in [-0.39, 0.29) is 24.8 Å². The fourth-order valence-corrected chi connectivity index (χ4v) is 18.9. The number of hydrogen-bond donors (Lipinski definition) is 0. The maximum atomic E-state index is 2.56. The quantitative estimate of drug-likeness (QED) is 0.172. The van der Waals surface area contributed by atoms with Crippen LogP contribution in [0.5, 0.6) is 0 Å². The van der Waals surface area contributed by atoms with Crippen molar-refractivity contribution in [3.63, 3.8) is 0 Å². The largest absolute Gasteiger partial charge is 0.147 e. The summed E-state index contributed by atoms with van der Waals surface area (Å²) < 4.78 is 2.86. The second-order valence-electron chi connectivity index (χ2n) is 12.3. The van der Waals surface area contributed by atoms with Gasteiger partial charge in [-0.15, -0.1) is 24.8 Å². The molecule has 0 amide bonds. The minimum atomic E-state index is -2.39. The van der Waals surface area contributed by atoms with Gasteiger partial charge in [0.15, 0.2) is 0 Å². The van der Waals surface area contributed by atoms with E-state index < -0.39 is 21.0 Å². The molecule has 4 aromatic carbocycles. The van der Waals surface area contributed by atoms with Crippen LogP contribution in [-0.2, 0) is 21.0 Å². The van der Waals surface area contributed by atoms with Crippen LogP contribution in [0.15, 0.2) is 97.1 Å². The molecule has 0 N–H and O–H groups in total. The van der Waals surface area contributed by atoms with Gasteiger partial charge in [0.05, 0.1) is 0 Å². The molecule has 0 aliphatic heterocycles. The van der Waals surface area contributed by atoms with Gasteiger partial charge in [0.2, 0.25) is 0 Å². The molecule has 42 heavy (non-hydrogen) atoms. The summed E-state index contributed by atoms with van der Waals surface area (Å²) in [6.07, 6.45) is 10.00. The molecular formula is C39H42Cl2Hf. The molecule has 0 saturated heterocycles. The fourth-order valence-electron chi connectivity index (χ4n) is 6.63. The fraction of sp³-hybridized carbons (Fsp3) is 0.256. The first-order valence-corrected chi connectivity index (χ1v) is 20.8. The molecule has 3 heteroatoms. The third kappa shape index (κ3) is 6.03. The molecule has 0 bridgehead atoms. The maximum Gasteiger partial charge on any atom is -0.147 e. The van der Waals surface area contributed by atoms with Gasteiger partial charge in [0.1, 0.15) is 0 Å². The van der Waals surface area contributed by atoms with E-state index in [0.29, 0.717) is 19.2 Å². The summed E-state index contributed by atoms with van der Waals surface area (Å²) in [6.45, 7) is 13.9. The molecule has 2 unspecified atom stereocenters. The molecule has 0 heterocycles. The summed E-state index contributed by atoms with van der Waals surface area (Å²) in [5.74, 6) is 1.11. The molecule has 0 nitrogen and oxygen atoms in total. The van der Waals surface area contributed by atoms with E-state index in [2.05, 4.69) is 151 Å². The van der Waals surface area contributed by atoms with Gasteiger partial charge in [-0.05, 0) is 0 Å². The maximum absolute atomic E-state index is 2.56. The minimum absolute atomic E-state index is 0. The molecular weight excluding hydrogens is 718 g/mol. The van der Waals surface area contributed by atoms with E-state index in [1.807, 2.05) is 0 Å². The Bertz CT molecular complexity index is 1530. The minimum Gasteiger partial charge on any atom is -0.147 e. The standard InChI is InChI=1S/2C18H17.C3H6.2ClH.Hf/c2*1-13(2)14-9-11-16(12-10-14)18-8-4-6-15-5-3-7-17(15)18;1-3-2;;;/h2*3-13H,1-2H3;1-2H3;2*1H;. The first-order valence-electron chi connectivity index (χ1n) is 14.8. The molecule has 0 saturated carbocycles. The number of fused-ring (bicyclic) bond motifs is 2. The van der Waals surface area contributed by atoms with Crippen LogP contribution in [0.4, 0.5) is 0 Å². The normalized spacial score (nSPS) is 16.2. The van der Waals surface area contributed by atoms with Crippen LogP contribution in [0.3, 0.4) is 0 Å². The van der Waals surface area contributed by atoms with E-state index in [0.717, 1.165) is 0 Å². The van der Waals surface area contributed by atoms with Crippen LogP contribution in [0, 0.1) is 0 Å². The average molecular weight is 760 g/mol. The molecule has 216 valence electrons. The van der Waals surface area contributed by atoms with Crippen molar-refractivity contribution in [2.24, 2.45) is 0 Å². The van der Waals surface area contributed by atoms with Gasteiger partial charge in [-0.25, -0.2) is 0 Å². The van der Waals surface area contributed by atoms with Crippen molar-refractivity contribution in [3.05, 3.63) is 130 Å². The van der Waals surface area contributed by atoms with Crippen molar-refractivity contribution < 1.29 is 21.0 Å². The Hall–Kier alpha value is -2.32. The number of benzene rings is 4. The van der Waals surface area contributed by atoms with Gasteiger partial charge in [-0.1, -0.05) is 0 Å². The summed E-state index contributed by atoms with van der Waals surface area (Å²) in [4.78, 5) is 0.